The summed E-state index contributed by atoms with van der Waals surface area (Å²) in [6.45, 7) is 4.72. The molecule has 11 rings (SSSR count). The fourth-order valence-corrected chi connectivity index (χ4v) is 9.44. The van der Waals surface area contributed by atoms with Crippen LogP contribution in [0.1, 0.15) is 25.0 Å². The highest BCUT2D eigenvalue weighted by Gasteiger charge is 2.35. The third-order valence-electron chi connectivity index (χ3n) is 12.3. The number of hydrogen-bond acceptors (Lipinski definition) is 1. The molecule has 10 aromatic carbocycles. The molecule has 56 heavy (non-hydrogen) atoms. The molecule has 0 saturated heterocycles. The molecule has 0 radical (unpaired) electrons. The van der Waals surface area contributed by atoms with Crippen LogP contribution in [0, 0.1) is 0 Å². The Balaban J connectivity index is 1.06. The van der Waals surface area contributed by atoms with Crippen molar-refractivity contribution < 1.29 is 0 Å². The lowest BCUT2D eigenvalue weighted by Crippen LogP contribution is -2.16. The van der Waals surface area contributed by atoms with E-state index in [4.69, 9.17) is 0 Å². The van der Waals surface area contributed by atoms with Gasteiger partial charge in [-0.05, 0) is 130 Å². The Morgan fingerprint density at radius 1 is 0.304 bits per heavy atom. The first-order valence-electron chi connectivity index (χ1n) is 19.6. The van der Waals surface area contributed by atoms with E-state index in [2.05, 4.69) is 219 Å². The second kappa shape index (κ2) is 12.5. The summed E-state index contributed by atoms with van der Waals surface area (Å²) in [7, 11) is 0. The fraction of sp³-hybridized carbons (Fsp3) is 0.0545. The van der Waals surface area contributed by atoms with E-state index in [0.29, 0.717) is 0 Å². The van der Waals surface area contributed by atoms with Gasteiger partial charge in [-0.3, -0.25) is 0 Å². The minimum Gasteiger partial charge on any atom is -0.310 e. The summed E-state index contributed by atoms with van der Waals surface area (Å²) in [6.07, 6.45) is 0. The lowest BCUT2D eigenvalue weighted by Gasteiger charge is -2.28. The third kappa shape index (κ3) is 5.01. The predicted octanol–water partition coefficient (Wildman–Crippen LogP) is 15.4. The molecule has 0 bridgehead atoms. The van der Waals surface area contributed by atoms with Gasteiger partial charge in [0, 0.05) is 22.5 Å². The maximum absolute atomic E-state index is 2.42. The van der Waals surface area contributed by atoms with E-state index >= 15 is 0 Å². The van der Waals surface area contributed by atoms with Crippen molar-refractivity contribution in [1.82, 2.24) is 0 Å². The summed E-state index contributed by atoms with van der Waals surface area (Å²) >= 11 is 0. The Bertz CT molecular complexity index is 3150. The van der Waals surface area contributed by atoms with Gasteiger partial charge >= 0.3 is 0 Å². The quantitative estimate of drug-likeness (QED) is 0.161. The van der Waals surface area contributed by atoms with E-state index in [0.717, 1.165) is 17.1 Å². The van der Waals surface area contributed by atoms with Gasteiger partial charge in [0.15, 0.2) is 0 Å². The Hall–Kier alpha value is -6.96. The van der Waals surface area contributed by atoms with Crippen molar-refractivity contribution in [3.8, 4) is 33.4 Å². The number of anilines is 3. The number of hydrogen-bond donors (Lipinski definition) is 0. The highest BCUT2D eigenvalue weighted by molar-refractivity contribution is 6.21. The minimum atomic E-state index is -0.100. The standard InChI is InChI=1S/C55H39N/c1-55(2)53-21-10-9-19-49(53)50-33-31-42(34-54(50)55)56(40-27-22-38(23-28-40)44-20-11-14-36-12-3-5-15-43(36)44)41-29-24-39(25-30-41)51-35-52-45-16-6-4-13-37(45)26-32-48(52)46-17-7-8-18-47(46)51/h3-35H,1-2H3. The zero-order chi connectivity index (χ0) is 37.4. The molecule has 0 unspecified atom stereocenters. The lowest BCUT2D eigenvalue weighted by atomic mass is 9.82. The van der Waals surface area contributed by atoms with Crippen molar-refractivity contribution in [2.75, 3.05) is 4.90 Å². The largest absolute Gasteiger partial charge is 0.310 e. The molecule has 1 aliphatic carbocycles. The lowest BCUT2D eigenvalue weighted by molar-refractivity contribution is 0.660. The van der Waals surface area contributed by atoms with Crippen LogP contribution >= 0.6 is 0 Å². The van der Waals surface area contributed by atoms with Crippen LogP contribution < -0.4 is 4.90 Å². The van der Waals surface area contributed by atoms with Crippen molar-refractivity contribution in [2.24, 2.45) is 0 Å². The van der Waals surface area contributed by atoms with E-state index in [1.54, 1.807) is 0 Å². The molecular weight excluding hydrogens is 675 g/mol. The van der Waals surface area contributed by atoms with Gasteiger partial charge in [0.25, 0.3) is 0 Å². The van der Waals surface area contributed by atoms with Crippen LogP contribution in [0.4, 0.5) is 17.1 Å². The Morgan fingerprint density at radius 3 is 1.57 bits per heavy atom. The van der Waals surface area contributed by atoms with Crippen molar-refractivity contribution in [1.29, 1.82) is 0 Å². The summed E-state index contributed by atoms with van der Waals surface area (Å²) in [6, 6.07) is 74.0. The first kappa shape index (κ1) is 32.5. The minimum absolute atomic E-state index is 0.100. The monoisotopic (exact) mass is 713 g/mol. The summed E-state index contributed by atoms with van der Waals surface area (Å²) in [5.41, 5.74) is 13.6. The van der Waals surface area contributed by atoms with Crippen molar-refractivity contribution in [2.45, 2.75) is 19.3 Å². The summed E-state index contributed by atoms with van der Waals surface area (Å²) in [5.74, 6) is 0. The zero-order valence-electron chi connectivity index (χ0n) is 31.5. The van der Waals surface area contributed by atoms with Crippen molar-refractivity contribution in [3.05, 3.63) is 211 Å². The van der Waals surface area contributed by atoms with Crippen LogP contribution in [0.15, 0.2) is 200 Å². The molecule has 0 fully saturated rings. The third-order valence-corrected chi connectivity index (χ3v) is 12.3. The Labute approximate surface area is 327 Å². The Morgan fingerprint density at radius 2 is 0.821 bits per heavy atom. The molecule has 0 saturated carbocycles. The van der Waals surface area contributed by atoms with E-state index in [-0.39, 0.29) is 5.41 Å². The van der Waals surface area contributed by atoms with Gasteiger partial charge in [0.1, 0.15) is 0 Å². The molecule has 10 aromatic rings. The second-order valence-corrected chi connectivity index (χ2v) is 15.7. The van der Waals surface area contributed by atoms with E-state index in [1.165, 1.54) is 87.6 Å². The molecule has 1 aliphatic rings. The van der Waals surface area contributed by atoms with E-state index in [9.17, 15) is 0 Å². The van der Waals surface area contributed by atoms with Gasteiger partial charge in [-0.2, -0.15) is 0 Å². The molecule has 1 heteroatoms. The van der Waals surface area contributed by atoms with Gasteiger partial charge in [-0.1, -0.05) is 172 Å². The van der Waals surface area contributed by atoms with Gasteiger partial charge in [-0.15, -0.1) is 0 Å². The SMILES string of the molecule is CC1(C)c2ccccc2-c2ccc(N(c3ccc(-c4cccc5ccccc45)cc3)c3ccc(-c4cc5c6ccccc6ccc5c5ccccc45)cc3)cc21. The maximum Gasteiger partial charge on any atom is 0.0465 e. The first-order valence-corrected chi connectivity index (χ1v) is 19.6. The molecule has 264 valence electrons. The molecule has 0 heterocycles. The van der Waals surface area contributed by atoms with Crippen LogP contribution in [0.2, 0.25) is 0 Å². The molecule has 1 nitrogen and oxygen atoms in total. The molecular formula is C55H39N. The van der Waals surface area contributed by atoms with Crippen molar-refractivity contribution >= 4 is 60.2 Å². The number of nitrogens with zero attached hydrogens (tertiary/aromatic N) is 1. The van der Waals surface area contributed by atoms with Gasteiger partial charge in [-0.25, -0.2) is 0 Å². The van der Waals surface area contributed by atoms with Crippen LogP contribution in [-0.2, 0) is 5.41 Å². The van der Waals surface area contributed by atoms with Crippen LogP contribution in [0.3, 0.4) is 0 Å². The normalized spacial score (nSPS) is 13.0. The van der Waals surface area contributed by atoms with E-state index in [1.807, 2.05) is 0 Å². The average Bonchev–Trinajstić information content (AvgIpc) is 3.49. The summed E-state index contributed by atoms with van der Waals surface area (Å²) in [4.78, 5) is 2.42. The topological polar surface area (TPSA) is 3.24 Å². The summed E-state index contributed by atoms with van der Waals surface area (Å²) in [5, 5.41) is 10.2. The highest BCUT2D eigenvalue weighted by atomic mass is 15.1. The molecule has 0 N–H and O–H groups in total. The highest BCUT2D eigenvalue weighted by Crippen LogP contribution is 2.51. The van der Waals surface area contributed by atoms with E-state index < -0.39 is 0 Å². The number of fused-ring (bicyclic) bond motifs is 9. The Kier molecular flexibility index (Phi) is 7.28. The number of rotatable bonds is 5. The van der Waals surface area contributed by atoms with Crippen LogP contribution in [0.25, 0.3) is 76.5 Å². The molecule has 0 aromatic heterocycles. The fourth-order valence-electron chi connectivity index (χ4n) is 9.44. The second-order valence-electron chi connectivity index (χ2n) is 15.7. The predicted molar refractivity (Wildman–Crippen MR) is 240 cm³/mol. The molecule has 0 spiro atoms. The van der Waals surface area contributed by atoms with Crippen LogP contribution in [-0.4, -0.2) is 0 Å². The van der Waals surface area contributed by atoms with Crippen molar-refractivity contribution in [3.63, 3.8) is 0 Å². The van der Waals surface area contributed by atoms with Gasteiger partial charge in [0.05, 0.1) is 0 Å². The molecule has 0 amide bonds. The van der Waals surface area contributed by atoms with Gasteiger partial charge < -0.3 is 4.90 Å². The van der Waals surface area contributed by atoms with Crippen LogP contribution in [0.5, 0.6) is 0 Å². The maximum atomic E-state index is 2.42. The number of benzene rings is 10. The summed E-state index contributed by atoms with van der Waals surface area (Å²) < 4.78 is 0. The first-order chi connectivity index (χ1) is 27.5. The zero-order valence-corrected chi connectivity index (χ0v) is 31.5. The van der Waals surface area contributed by atoms with Gasteiger partial charge in [0.2, 0.25) is 0 Å². The average molecular weight is 714 g/mol. The molecule has 0 atom stereocenters. The molecule has 0 aliphatic heterocycles. The smallest absolute Gasteiger partial charge is 0.0465 e.